The fraction of sp³-hybridized carbons (Fsp3) is 0.0833. The molecule has 0 aliphatic heterocycles. The topological polar surface area (TPSA) is 85.3 Å². The van der Waals surface area contributed by atoms with Gasteiger partial charge in [0.15, 0.2) is 0 Å². The monoisotopic (exact) mass is 418 g/mol. The van der Waals surface area contributed by atoms with Crippen LogP contribution in [-0.2, 0) is 7.05 Å². The van der Waals surface area contributed by atoms with Crippen LogP contribution in [0.3, 0.4) is 0 Å². The van der Waals surface area contributed by atoms with Crippen LogP contribution in [0, 0.1) is 6.92 Å². The lowest BCUT2D eigenvalue weighted by Gasteiger charge is -2.13. The minimum Gasteiger partial charge on any atom is -0.478 e. The van der Waals surface area contributed by atoms with Crippen molar-refractivity contribution in [1.29, 1.82) is 0 Å². The second kappa shape index (κ2) is 7.35. The molecule has 150 valence electrons. The summed E-state index contributed by atoms with van der Waals surface area (Å²) >= 11 is 6.10. The Morgan fingerprint density at radius 3 is 2.37 bits per heavy atom. The number of nitrogens with zero attached hydrogens (tertiary/aromatic N) is 1. The summed E-state index contributed by atoms with van der Waals surface area (Å²) in [5, 5.41) is 10.7. The molecule has 3 aromatic carbocycles. The van der Waals surface area contributed by atoms with Crippen LogP contribution in [0.5, 0.6) is 0 Å². The molecule has 30 heavy (non-hydrogen) atoms. The fourth-order valence-corrected chi connectivity index (χ4v) is 3.90. The lowest BCUT2D eigenvalue weighted by molar-refractivity contribution is 0.0692. The molecule has 1 aromatic heterocycles. The number of carbonyl (C=O) groups is 2. The predicted octanol–water partition coefficient (Wildman–Crippen LogP) is 5.32. The van der Waals surface area contributed by atoms with Crippen LogP contribution in [0.25, 0.3) is 22.0 Å². The van der Waals surface area contributed by atoms with Gasteiger partial charge in [-0.3, -0.25) is 4.79 Å². The third-order valence-corrected chi connectivity index (χ3v) is 5.80. The zero-order chi connectivity index (χ0) is 21.6. The largest absolute Gasteiger partial charge is 0.478 e. The number of aromatic nitrogens is 1. The SMILES string of the molecule is Cc1c(Cl)cc(C(=O)O)c(C(=O)c2cc3cc(-c4ccccc4)ccc3n2C)c1N. The average Bonchev–Trinajstić information content (AvgIpc) is 3.07. The van der Waals surface area contributed by atoms with Gasteiger partial charge in [-0.05, 0) is 47.9 Å². The van der Waals surface area contributed by atoms with Crippen LogP contribution < -0.4 is 5.73 Å². The van der Waals surface area contributed by atoms with Gasteiger partial charge in [-0.15, -0.1) is 0 Å². The number of fused-ring (bicyclic) bond motifs is 1. The maximum Gasteiger partial charge on any atom is 0.336 e. The normalized spacial score (nSPS) is 11.0. The van der Waals surface area contributed by atoms with Gasteiger partial charge in [-0.25, -0.2) is 4.79 Å². The van der Waals surface area contributed by atoms with Crippen LogP contribution in [0.1, 0.15) is 32.0 Å². The summed E-state index contributed by atoms with van der Waals surface area (Å²) < 4.78 is 1.75. The van der Waals surface area contributed by atoms with Gasteiger partial charge < -0.3 is 15.4 Å². The Balaban J connectivity index is 1.88. The zero-order valence-electron chi connectivity index (χ0n) is 16.4. The molecule has 0 radical (unpaired) electrons. The van der Waals surface area contributed by atoms with Gasteiger partial charge in [0, 0.05) is 28.7 Å². The Hall–Kier alpha value is -3.57. The van der Waals surface area contributed by atoms with Crippen molar-refractivity contribution in [2.24, 2.45) is 7.05 Å². The number of nitrogens with two attached hydrogens (primary N) is 1. The number of carbonyl (C=O) groups excluding carboxylic acids is 1. The molecule has 0 bridgehead atoms. The summed E-state index contributed by atoms with van der Waals surface area (Å²) in [6, 6.07) is 18.9. The molecule has 6 heteroatoms. The molecular weight excluding hydrogens is 400 g/mol. The van der Waals surface area contributed by atoms with E-state index in [4.69, 9.17) is 17.3 Å². The minimum absolute atomic E-state index is 0.0430. The lowest BCUT2D eigenvalue weighted by atomic mass is 9.96. The van der Waals surface area contributed by atoms with Crippen LogP contribution >= 0.6 is 11.6 Å². The van der Waals surface area contributed by atoms with E-state index in [-0.39, 0.29) is 21.8 Å². The van der Waals surface area contributed by atoms with E-state index in [2.05, 4.69) is 0 Å². The molecule has 0 atom stereocenters. The molecule has 3 N–H and O–H groups in total. The first-order valence-corrected chi connectivity index (χ1v) is 9.69. The third-order valence-electron chi connectivity index (χ3n) is 5.41. The Bertz CT molecular complexity index is 1320. The summed E-state index contributed by atoms with van der Waals surface area (Å²) in [5.41, 5.74) is 9.76. The molecule has 0 aliphatic rings. The van der Waals surface area contributed by atoms with Gasteiger partial charge in [0.2, 0.25) is 5.78 Å². The molecule has 0 saturated heterocycles. The van der Waals surface area contributed by atoms with Gasteiger partial charge in [-0.2, -0.15) is 0 Å². The number of aromatic carboxylic acids is 1. The predicted molar refractivity (Wildman–Crippen MR) is 119 cm³/mol. The first-order chi connectivity index (χ1) is 14.3. The van der Waals surface area contributed by atoms with Crippen molar-refractivity contribution in [3.8, 4) is 11.1 Å². The first-order valence-electron chi connectivity index (χ1n) is 9.31. The maximum absolute atomic E-state index is 13.4. The van der Waals surface area contributed by atoms with Crippen molar-refractivity contribution < 1.29 is 14.7 Å². The fourth-order valence-electron chi connectivity index (χ4n) is 3.69. The van der Waals surface area contributed by atoms with Crippen molar-refractivity contribution in [3.05, 3.63) is 88.1 Å². The second-order valence-corrected chi connectivity index (χ2v) is 7.59. The van der Waals surface area contributed by atoms with Gasteiger partial charge in [0.1, 0.15) is 0 Å². The molecule has 0 fully saturated rings. The van der Waals surface area contributed by atoms with Gasteiger partial charge >= 0.3 is 5.97 Å². The van der Waals surface area contributed by atoms with E-state index in [1.54, 1.807) is 24.6 Å². The van der Waals surface area contributed by atoms with Crippen molar-refractivity contribution >= 4 is 39.9 Å². The van der Waals surface area contributed by atoms with E-state index in [0.717, 1.165) is 22.0 Å². The Morgan fingerprint density at radius 2 is 1.70 bits per heavy atom. The summed E-state index contributed by atoms with van der Waals surface area (Å²) in [4.78, 5) is 25.2. The molecule has 0 spiro atoms. The molecule has 0 aliphatic carbocycles. The Morgan fingerprint density at radius 1 is 1.00 bits per heavy atom. The first kappa shape index (κ1) is 19.7. The molecule has 4 aromatic rings. The molecule has 4 rings (SSSR count). The Labute approximate surface area is 178 Å². The van der Waals surface area contributed by atoms with Crippen molar-refractivity contribution in [2.75, 3.05) is 5.73 Å². The number of hydrogen-bond acceptors (Lipinski definition) is 3. The number of carboxylic acid groups (broad SMARTS) is 1. The van der Waals surface area contributed by atoms with Gasteiger partial charge in [0.25, 0.3) is 0 Å². The number of halogens is 1. The number of carboxylic acids is 1. The quantitative estimate of drug-likeness (QED) is 0.347. The maximum atomic E-state index is 13.4. The lowest BCUT2D eigenvalue weighted by Crippen LogP contribution is -2.16. The number of rotatable bonds is 4. The molecule has 1 heterocycles. The average molecular weight is 419 g/mol. The molecule has 0 unspecified atom stereocenters. The van der Waals surface area contributed by atoms with Crippen molar-refractivity contribution in [3.63, 3.8) is 0 Å². The number of anilines is 1. The smallest absolute Gasteiger partial charge is 0.336 e. The number of nitrogen functional groups attached to an aromatic ring is 1. The summed E-state index contributed by atoms with van der Waals surface area (Å²) in [6.07, 6.45) is 0. The highest BCUT2D eigenvalue weighted by atomic mass is 35.5. The van der Waals surface area contributed by atoms with E-state index >= 15 is 0 Å². The van der Waals surface area contributed by atoms with Crippen LogP contribution in [0.2, 0.25) is 5.02 Å². The zero-order valence-corrected chi connectivity index (χ0v) is 17.2. The van der Waals surface area contributed by atoms with Crippen LogP contribution in [0.4, 0.5) is 5.69 Å². The third kappa shape index (κ3) is 3.13. The van der Waals surface area contributed by atoms with Crippen molar-refractivity contribution in [2.45, 2.75) is 6.92 Å². The number of benzene rings is 3. The highest BCUT2D eigenvalue weighted by molar-refractivity contribution is 6.33. The molecule has 0 amide bonds. The van der Waals surface area contributed by atoms with Gasteiger partial charge in [-0.1, -0.05) is 48.0 Å². The van der Waals surface area contributed by atoms with Gasteiger partial charge in [0.05, 0.1) is 16.8 Å². The van der Waals surface area contributed by atoms with Crippen molar-refractivity contribution in [1.82, 2.24) is 4.57 Å². The standard InChI is InChI=1S/C24H19ClN2O3/c1-13-18(25)12-17(24(29)30)21(22(13)26)23(28)20-11-16-10-15(8-9-19(16)27(20)2)14-6-4-3-5-7-14/h3-12H,26H2,1-2H3,(H,29,30). The molecular formula is C24H19ClN2O3. The van der Waals surface area contributed by atoms with E-state index in [1.807, 2.05) is 48.5 Å². The van der Waals surface area contributed by atoms with E-state index < -0.39 is 11.8 Å². The van der Waals surface area contributed by atoms with E-state index in [9.17, 15) is 14.7 Å². The Kier molecular flexibility index (Phi) is 4.84. The van der Waals surface area contributed by atoms with Crippen LogP contribution in [-0.4, -0.2) is 21.4 Å². The molecule has 5 nitrogen and oxygen atoms in total. The minimum atomic E-state index is -1.25. The number of hydrogen-bond donors (Lipinski definition) is 2. The summed E-state index contributed by atoms with van der Waals surface area (Å²) in [5.74, 6) is -1.71. The number of ketones is 1. The highest BCUT2D eigenvalue weighted by Crippen LogP contribution is 2.32. The second-order valence-electron chi connectivity index (χ2n) is 7.18. The summed E-state index contributed by atoms with van der Waals surface area (Å²) in [7, 11) is 1.77. The summed E-state index contributed by atoms with van der Waals surface area (Å²) in [6.45, 7) is 1.66. The van der Waals surface area contributed by atoms with E-state index in [0.29, 0.717) is 11.3 Å². The number of aryl methyl sites for hydroxylation is 1. The highest BCUT2D eigenvalue weighted by Gasteiger charge is 2.26. The van der Waals surface area contributed by atoms with E-state index in [1.165, 1.54) is 6.07 Å². The van der Waals surface area contributed by atoms with Crippen LogP contribution in [0.15, 0.2) is 60.7 Å². The molecule has 0 saturated carbocycles.